The summed E-state index contributed by atoms with van der Waals surface area (Å²) in [5.41, 5.74) is 3.31. The maximum atomic E-state index is 11.3. The molecule has 0 aromatic rings. The van der Waals surface area contributed by atoms with Crippen LogP contribution in [0.15, 0.2) is 0 Å². The molecule has 4 nitrogen and oxygen atoms in total. The van der Waals surface area contributed by atoms with E-state index in [9.17, 15) is 4.79 Å². The van der Waals surface area contributed by atoms with Crippen molar-refractivity contribution in [3.63, 3.8) is 0 Å². The van der Waals surface area contributed by atoms with Gasteiger partial charge in [-0.2, -0.15) is 0 Å². The van der Waals surface area contributed by atoms with Crippen molar-refractivity contribution in [2.75, 3.05) is 20.1 Å². The molecule has 0 atom stereocenters. The van der Waals surface area contributed by atoms with E-state index in [1.807, 2.05) is 20.8 Å². The molecule has 0 bridgehead atoms. The second-order valence-corrected chi connectivity index (χ2v) is 4.11. The maximum absolute atomic E-state index is 11.3. The number of hydrogen-bond acceptors (Lipinski definition) is 2. The second-order valence-electron chi connectivity index (χ2n) is 4.11. The first-order chi connectivity index (χ1) is 5.87. The zero-order valence-corrected chi connectivity index (χ0v) is 9.09. The van der Waals surface area contributed by atoms with Crippen LogP contribution in [0.25, 0.3) is 0 Å². The Morgan fingerprint density at radius 3 is 2.38 bits per heavy atom. The van der Waals surface area contributed by atoms with Crippen molar-refractivity contribution < 1.29 is 15.3 Å². The largest absolute Gasteiger partial charge is 0.444 e. The van der Waals surface area contributed by atoms with E-state index in [4.69, 9.17) is 4.74 Å². The minimum absolute atomic E-state index is 0.263. The van der Waals surface area contributed by atoms with Crippen LogP contribution in [0, 0.1) is 0 Å². The summed E-state index contributed by atoms with van der Waals surface area (Å²) < 4.78 is 5.16. The molecule has 13 heavy (non-hydrogen) atoms. The number of quaternary nitrogens is 1. The average molecular weight is 189 g/mol. The molecule has 1 amide bonds. The minimum Gasteiger partial charge on any atom is -0.444 e. The summed E-state index contributed by atoms with van der Waals surface area (Å²) in [6.07, 6.45) is 0.649. The highest BCUT2D eigenvalue weighted by Gasteiger charge is 2.18. The summed E-state index contributed by atoms with van der Waals surface area (Å²) in [5.74, 6) is 0. The fraction of sp³-hybridized carbons (Fsp3) is 0.889. The quantitative estimate of drug-likeness (QED) is 0.702. The van der Waals surface area contributed by atoms with Gasteiger partial charge in [-0.1, -0.05) is 0 Å². The lowest BCUT2D eigenvalue weighted by Crippen LogP contribution is -2.51. The topological polar surface area (TPSA) is 57.2 Å². The van der Waals surface area contributed by atoms with Crippen LogP contribution in [0.2, 0.25) is 0 Å². The molecule has 0 aliphatic rings. The van der Waals surface area contributed by atoms with E-state index < -0.39 is 5.60 Å². The van der Waals surface area contributed by atoms with E-state index in [0.29, 0.717) is 6.54 Å². The average Bonchev–Trinajstić information content (AvgIpc) is 1.96. The van der Waals surface area contributed by atoms with Gasteiger partial charge in [0.05, 0.1) is 6.54 Å². The number of hydrogen-bond donors (Lipinski definition) is 1. The molecule has 3 N–H and O–H groups in total. The summed E-state index contributed by atoms with van der Waals surface area (Å²) >= 11 is 0. The van der Waals surface area contributed by atoms with Crippen molar-refractivity contribution in [1.29, 1.82) is 0 Å². The lowest BCUT2D eigenvalue weighted by molar-refractivity contribution is -0.368. The zero-order chi connectivity index (χ0) is 10.5. The number of rotatable bonds is 3. The first-order valence-electron chi connectivity index (χ1n) is 4.60. The van der Waals surface area contributed by atoms with Crippen molar-refractivity contribution in [1.82, 2.24) is 4.90 Å². The fourth-order valence-corrected chi connectivity index (χ4v) is 0.780. The number of amides is 1. The molecule has 0 saturated carbocycles. The van der Waals surface area contributed by atoms with Crippen molar-refractivity contribution >= 4 is 6.09 Å². The third-order valence-corrected chi connectivity index (χ3v) is 1.45. The predicted octanol–water partition coefficient (Wildman–Crippen LogP) is 0.485. The summed E-state index contributed by atoms with van der Waals surface area (Å²) in [5, 5.41) is 0. The molecular formula is C9H21N2O2+. The van der Waals surface area contributed by atoms with Gasteiger partial charge >= 0.3 is 6.09 Å². The molecule has 78 valence electrons. The highest BCUT2D eigenvalue weighted by atomic mass is 16.6. The van der Waals surface area contributed by atoms with Gasteiger partial charge in [0.2, 0.25) is 0 Å². The number of nitrogens with zero attached hydrogens (tertiary/aromatic N) is 1. The molecule has 0 aromatic heterocycles. The Bertz CT molecular complexity index is 163. The van der Waals surface area contributed by atoms with Gasteiger partial charge in [0.15, 0.2) is 0 Å². The number of carbonyl (C=O) groups is 1. The van der Waals surface area contributed by atoms with Crippen LogP contribution < -0.4 is 5.73 Å². The van der Waals surface area contributed by atoms with E-state index >= 15 is 0 Å². The van der Waals surface area contributed by atoms with Gasteiger partial charge in [0, 0.05) is 20.0 Å². The third-order valence-electron chi connectivity index (χ3n) is 1.45. The van der Waals surface area contributed by atoms with E-state index in [1.54, 1.807) is 11.9 Å². The van der Waals surface area contributed by atoms with Crippen LogP contribution in [0.1, 0.15) is 27.2 Å². The number of carbonyl (C=O) groups excluding carboxylic acids is 1. The van der Waals surface area contributed by atoms with Crippen LogP contribution >= 0.6 is 0 Å². The second kappa shape index (κ2) is 5.07. The molecule has 0 heterocycles. The lowest BCUT2D eigenvalue weighted by Gasteiger charge is -2.24. The molecule has 0 spiro atoms. The van der Waals surface area contributed by atoms with Gasteiger partial charge in [-0.05, 0) is 20.8 Å². The van der Waals surface area contributed by atoms with Crippen LogP contribution in [0.4, 0.5) is 4.79 Å². The minimum atomic E-state index is -0.407. The number of ether oxygens (including phenoxy) is 1. The van der Waals surface area contributed by atoms with Gasteiger partial charge < -0.3 is 15.4 Å². The molecule has 0 aliphatic carbocycles. The first kappa shape index (κ1) is 12.2. The Morgan fingerprint density at radius 2 is 2.00 bits per heavy atom. The fourth-order valence-electron chi connectivity index (χ4n) is 0.780. The van der Waals surface area contributed by atoms with E-state index in [1.165, 1.54) is 0 Å². The van der Waals surface area contributed by atoms with Crippen LogP contribution in [0.5, 0.6) is 0 Å². The van der Waals surface area contributed by atoms with Gasteiger partial charge in [-0.25, -0.2) is 4.79 Å². The molecule has 0 fully saturated rings. The predicted molar refractivity (Wildman–Crippen MR) is 51.2 cm³/mol. The van der Waals surface area contributed by atoms with Gasteiger partial charge in [0.25, 0.3) is 0 Å². The van der Waals surface area contributed by atoms with Crippen LogP contribution in [-0.4, -0.2) is 36.7 Å². The lowest BCUT2D eigenvalue weighted by atomic mass is 10.2. The Morgan fingerprint density at radius 1 is 1.46 bits per heavy atom. The van der Waals surface area contributed by atoms with Crippen LogP contribution in [0.3, 0.4) is 0 Å². The molecule has 0 aromatic carbocycles. The van der Waals surface area contributed by atoms with Crippen molar-refractivity contribution in [3.8, 4) is 0 Å². The third kappa shape index (κ3) is 6.40. The monoisotopic (exact) mass is 189 g/mol. The molecular weight excluding hydrogens is 168 g/mol. The summed E-state index contributed by atoms with van der Waals surface area (Å²) in [4.78, 5) is 12.9. The molecule has 0 aliphatic heterocycles. The van der Waals surface area contributed by atoms with Crippen molar-refractivity contribution in [3.05, 3.63) is 0 Å². The normalized spacial score (nSPS) is 11.2. The van der Waals surface area contributed by atoms with Crippen molar-refractivity contribution in [2.24, 2.45) is 0 Å². The van der Waals surface area contributed by atoms with Crippen molar-refractivity contribution in [2.45, 2.75) is 32.8 Å². The molecule has 0 rings (SSSR count). The SMILES string of the molecule is CN(CCC[NH3+])C(=O)OC(C)(C)C. The van der Waals surface area contributed by atoms with E-state index in [2.05, 4.69) is 5.73 Å². The molecule has 4 heteroatoms. The standard InChI is InChI=1S/C9H20N2O2/c1-9(2,3)13-8(12)11(4)7-5-6-10/h5-7,10H2,1-4H3/p+1. The Labute approximate surface area is 80.0 Å². The Kier molecular flexibility index (Phi) is 4.77. The summed E-state index contributed by atoms with van der Waals surface area (Å²) in [6.45, 7) is 7.13. The van der Waals surface area contributed by atoms with E-state index in [0.717, 1.165) is 13.0 Å². The highest BCUT2D eigenvalue weighted by Crippen LogP contribution is 2.08. The summed E-state index contributed by atoms with van der Waals surface area (Å²) in [6, 6.07) is 0. The molecule has 0 radical (unpaired) electrons. The highest BCUT2D eigenvalue weighted by molar-refractivity contribution is 5.67. The van der Waals surface area contributed by atoms with Crippen LogP contribution in [-0.2, 0) is 4.74 Å². The van der Waals surface area contributed by atoms with Gasteiger partial charge in [-0.3, -0.25) is 0 Å². The summed E-state index contributed by atoms with van der Waals surface area (Å²) in [7, 11) is 1.74. The van der Waals surface area contributed by atoms with Gasteiger partial charge in [0.1, 0.15) is 5.60 Å². The molecule has 0 saturated heterocycles. The zero-order valence-electron chi connectivity index (χ0n) is 9.09. The maximum Gasteiger partial charge on any atom is 0.410 e. The first-order valence-corrected chi connectivity index (χ1v) is 4.60. The van der Waals surface area contributed by atoms with Gasteiger partial charge in [-0.15, -0.1) is 0 Å². The van der Waals surface area contributed by atoms with E-state index in [-0.39, 0.29) is 6.09 Å². The Balaban J connectivity index is 3.83. The Hall–Kier alpha value is -0.770. The smallest absolute Gasteiger partial charge is 0.410 e. The molecule has 0 unspecified atom stereocenters.